The number of aromatic nitrogens is 1. The quantitative estimate of drug-likeness (QED) is 0.783. The third-order valence-corrected chi connectivity index (χ3v) is 1.19. The number of pyridine rings is 1. The van der Waals surface area contributed by atoms with Gasteiger partial charge in [0.2, 0.25) is 0 Å². The van der Waals surface area contributed by atoms with Gasteiger partial charge < -0.3 is 9.84 Å². The summed E-state index contributed by atoms with van der Waals surface area (Å²) >= 11 is 0. The van der Waals surface area contributed by atoms with Gasteiger partial charge in [-0.25, -0.2) is 4.98 Å². The van der Waals surface area contributed by atoms with Crippen molar-refractivity contribution in [1.29, 1.82) is 0 Å². The van der Waals surface area contributed by atoms with E-state index in [1.807, 2.05) is 20.8 Å². The van der Waals surface area contributed by atoms with Gasteiger partial charge in [-0.05, 0) is 18.6 Å². The summed E-state index contributed by atoms with van der Waals surface area (Å²) in [6.45, 7) is 6.59. The summed E-state index contributed by atoms with van der Waals surface area (Å²) in [7, 11) is 0. The maximum absolute atomic E-state index is 9.15. The molecule has 74 valence electrons. The summed E-state index contributed by atoms with van der Waals surface area (Å²) in [4.78, 5) is 3.84. The van der Waals surface area contributed by atoms with Gasteiger partial charge in [0.05, 0.1) is 6.61 Å². The van der Waals surface area contributed by atoms with Crippen molar-refractivity contribution in [2.45, 2.75) is 27.2 Å². The Balaban J connectivity index is 0.000000671. The van der Waals surface area contributed by atoms with Gasteiger partial charge in [-0.2, -0.15) is 0 Å². The van der Waals surface area contributed by atoms with E-state index in [1.165, 1.54) is 0 Å². The Morgan fingerprint density at radius 2 is 2.15 bits per heavy atom. The minimum atomic E-state index is 0.0981. The summed E-state index contributed by atoms with van der Waals surface area (Å²) in [6.07, 6.45) is 2.50. The highest BCUT2D eigenvalue weighted by Crippen LogP contribution is 2.20. The summed E-state index contributed by atoms with van der Waals surface area (Å²) in [6, 6.07) is 3.21. The van der Waals surface area contributed by atoms with Gasteiger partial charge >= 0.3 is 0 Å². The Labute approximate surface area is 79.4 Å². The SMILES string of the molecule is CC.CCCOc1ncccc1O. The molecule has 0 aliphatic carbocycles. The lowest BCUT2D eigenvalue weighted by Gasteiger charge is -2.03. The van der Waals surface area contributed by atoms with E-state index in [9.17, 15) is 0 Å². The Morgan fingerprint density at radius 1 is 1.46 bits per heavy atom. The monoisotopic (exact) mass is 183 g/mol. The number of aromatic hydroxyl groups is 1. The maximum Gasteiger partial charge on any atom is 0.256 e. The van der Waals surface area contributed by atoms with Crippen LogP contribution in [0.25, 0.3) is 0 Å². The van der Waals surface area contributed by atoms with E-state index >= 15 is 0 Å². The third-order valence-electron chi connectivity index (χ3n) is 1.19. The van der Waals surface area contributed by atoms with Crippen LogP contribution in [0.2, 0.25) is 0 Å². The van der Waals surface area contributed by atoms with Crippen LogP contribution in [0.1, 0.15) is 27.2 Å². The van der Waals surface area contributed by atoms with Gasteiger partial charge in [0, 0.05) is 6.20 Å². The molecule has 0 aromatic carbocycles. The van der Waals surface area contributed by atoms with Crippen molar-refractivity contribution in [2.75, 3.05) is 6.61 Å². The topological polar surface area (TPSA) is 42.4 Å². The van der Waals surface area contributed by atoms with E-state index in [0.29, 0.717) is 12.5 Å². The second-order valence-electron chi connectivity index (χ2n) is 2.18. The van der Waals surface area contributed by atoms with Crippen LogP contribution in [0.5, 0.6) is 11.6 Å². The molecule has 0 radical (unpaired) electrons. The molecule has 1 rings (SSSR count). The van der Waals surface area contributed by atoms with Crippen molar-refractivity contribution >= 4 is 0 Å². The molecule has 1 N–H and O–H groups in total. The van der Waals surface area contributed by atoms with Crippen LogP contribution in [-0.2, 0) is 0 Å². The molecule has 0 saturated heterocycles. The first-order valence-electron chi connectivity index (χ1n) is 4.61. The lowest BCUT2D eigenvalue weighted by molar-refractivity contribution is 0.287. The zero-order chi connectivity index (χ0) is 10.1. The Bertz CT molecular complexity index is 226. The van der Waals surface area contributed by atoms with Crippen molar-refractivity contribution in [2.24, 2.45) is 0 Å². The predicted octanol–water partition coefficient (Wildman–Crippen LogP) is 2.60. The molecule has 0 saturated carbocycles. The number of rotatable bonds is 3. The first-order chi connectivity index (χ1) is 6.34. The fourth-order valence-electron chi connectivity index (χ4n) is 0.692. The minimum Gasteiger partial charge on any atom is -0.503 e. The zero-order valence-corrected chi connectivity index (χ0v) is 8.45. The van der Waals surface area contributed by atoms with E-state index in [0.717, 1.165) is 6.42 Å². The van der Waals surface area contributed by atoms with Crippen LogP contribution in [0.4, 0.5) is 0 Å². The van der Waals surface area contributed by atoms with Crippen molar-refractivity contribution in [1.82, 2.24) is 4.98 Å². The van der Waals surface area contributed by atoms with Crippen LogP contribution < -0.4 is 4.74 Å². The summed E-state index contributed by atoms with van der Waals surface area (Å²) < 4.78 is 5.12. The van der Waals surface area contributed by atoms with Gasteiger partial charge in [-0.15, -0.1) is 0 Å². The fraction of sp³-hybridized carbons (Fsp3) is 0.500. The molecule has 0 unspecified atom stereocenters. The van der Waals surface area contributed by atoms with Crippen LogP contribution in [0.15, 0.2) is 18.3 Å². The average Bonchev–Trinajstić information content (AvgIpc) is 2.20. The molecule has 13 heavy (non-hydrogen) atoms. The molecular formula is C10H17NO2. The van der Waals surface area contributed by atoms with E-state index in [2.05, 4.69) is 4.98 Å². The smallest absolute Gasteiger partial charge is 0.256 e. The summed E-state index contributed by atoms with van der Waals surface area (Å²) in [5, 5.41) is 9.15. The Morgan fingerprint density at radius 3 is 2.69 bits per heavy atom. The average molecular weight is 183 g/mol. The zero-order valence-electron chi connectivity index (χ0n) is 8.45. The summed E-state index contributed by atoms with van der Waals surface area (Å²) in [5.74, 6) is 0.412. The van der Waals surface area contributed by atoms with Gasteiger partial charge in [-0.3, -0.25) is 0 Å². The minimum absolute atomic E-state index is 0.0981. The van der Waals surface area contributed by atoms with Gasteiger partial charge in [0.1, 0.15) is 0 Å². The Kier molecular flexibility index (Phi) is 6.69. The van der Waals surface area contributed by atoms with Crippen molar-refractivity contribution in [3.63, 3.8) is 0 Å². The molecule has 3 heteroatoms. The van der Waals surface area contributed by atoms with Crippen LogP contribution >= 0.6 is 0 Å². The molecule has 0 spiro atoms. The standard InChI is InChI=1S/C8H11NO2.C2H6/c1-2-6-11-8-7(10)4-3-5-9-8;1-2/h3-5,10H,2,6H2,1H3;1-2H3. The van der Waals surface area contributed by atoms with Crippen LogP contribution in [-0.4, -0.2) is 16.7 Å². The van der Waals surface area contributed by atoms with Gasteiger partial charge in [0.15, 0.2) is 5.75 Å². The second-order valence-corrected chi connectivity index (χ2v) is 2.18. The van der Waals surface area contributed by atoms with Crippen LogP contribution in [0.3, 0.4) is 0 Å². The van der Waals surface area contributed by atoms with E-state index in [1.54, 1.807) is 18.3 Å². The molecule has 0 amide bonds. The summed E-state index contributed by atoms with van der Waals surface area (Å²) in [5.41, 5.74) is 0. The van der Waals surface area contributed by atoms with Crippen molar-refractivity contribution < 1.29 is 9.84 Å². The molecule has 3 nitrogen and oxygen atoms in total. The fourth-order valence-corrected chi connectivity index (χ4v) is 0.692. The number of hydrogen-bond acceptors (Lipinski definition) is 3. The van der Waals surface area contributed by atoms with Crippen molar-refractivity contribution in [3.05, 3.63) is 18.3 Å². The van der Waals surface area contributed by atoms with E-state index in [-0.39, 0.29) is 5.75 Å². The van der Waals surface area contributed by atoms with E-state index < -0.39 is 0 Å². The molecular weight excluding hydrogens is 166 g/mol. The van der Waals surface area contributed by atoms with Gasteiger partial charge in [-0.1, -0.05) is 20.8 Å². The molecule has 1 aromatic rings. The Hall–Kier alpha value is -1.25. The van der Waals surface area contributed by atoms with E-state index in [4.69, 9.17) is 9.84 Å². The highest BCUT2D eigenvalue weighted by atomic mass is 16.5. The lowest BCUT2D eigenvalue weighted by atomic mass is 10.4. The third kappa shape index (κ3) is 4.35. The maximum atomic E-state index is 9.15. The molecule has 1 aromatic heterocycles. The van der Waals surface area contributed by atoms with Crippen LogP contribution in [0, 0.1) is 0 Å². The molecule has 0 fully saturated rings. The predicted molar refractivity (Wildman–Crippen MR) is 53.0 cm³/mol. The molecule has 0 atom stereocenters. The van der Waals surface area contributed by atoms with Gasteiger partial charge in [0.25, 0.3) is 5.88 Å². The molecule has 0 aliphatic heterocycles. The highest BCUT2D eigenvalue weighted by Gasteiger charge is 1.99. The first kappa shape index (κ1) is 11.8. The number of hydrogen-bond donors (Lipinski definition) is 1. The number of nitrogens with zero attached hydrogens (tertiary/aromatic N) is 1. The normalized spacial score (nSPS) is 8.54. The molecule has 0 bridgehead atoms. The number of ether oxygens (including phenoxy) is 1. The van der Waals surface area contributed by atoms with Crippen molar-refractivity contribution in [3.8, 4) is 11.6 Å². The first-order valence-corrected chi connectivity index (χ1v) is 4.61. The highest BCUT2D eigenvalue weighted by molar-refractivity contribution is 5.30. The molecule has 0 aliphatic rings. The largest absolute Gasteiger partial charge is 0.503 e. The lowest BCUT2D eigenvalue weighted by Crippen LogP contribution is -1.96. The second kappa shape index (κ2) is 7.40. The molecule has 1 heterocycles.